The Balaban J connectivity index is 2.63. The SMILES string of the molecule is CC(F)C1(C(=O)O)CC1. The van der Waals surface area contributed by atoms with Crippen LogP contribution in [0, 0.1) is 5.41 Å². The van der Waals surface area contributed by atoms with Crippen LogP contribution in [0.25, 0.3) is 0 Å². The summed E-state index contributed by atoms with van der Waals surface area (Å²) in [7, 11) is 0. The molecule has 1 saturated carbocycles. The van der Waals surface area contributed by atoms with E-state index in [1.807, 2.05) is 0 Å². The molecule has 0 aromatic heterocycles. The molecule has 3 heteroatoms. The summed E-state index contributed by atoms with van der Waals surface area (Å²) >= 11 is 0. The van der Waals surface area contributed by atoms with Gasteiger partial charge in [0.1, 0.15) is 6.17 Å². The quantitative estimate of drug-likeness (QED) is 0.613. The van der Waals surface area contributed by atoms with E-state index in [0.29, 0.717) is 12.8 Å². The summed E-state index contributed by atoms with van der Waals surface area (Å²) in [4.78, 5) is 10.3. The molecule has 1 rings (SSSR count). The molecule has 0 bridgehead atoms. The molecule has 1 fully saturated rings. The van der Waals surface area contributed by atoms with E-state index in [1.54, 1.807) is 0 Å². The normalized spacial score (nSPS) is 25.1. The first-order valence-corrected chi connectivity index (χ1v) is 2.97. The zero-order valence-corrected chi connectivity index (χ0v) is 5.22. The third kappa shape index (κ3) is 0.802. The predicted octanol–water partition coefficient (Wildman–Crippen LogP) is 1.21. The highest BCUT2D eigenvalue weighted by Crippen LogP contribution is 2.50. The van der Waals surface area contributed by atoms with E-state index in [0.717, 1.165) is 0 Å². The van der Waals surface area contributed by atoms with E-state index in [9.17, 15) is 9.18 Å². The first-order valence-electron chi connectivity index (χ1n) is 2.97. The molecule has 1 aliphatic rings. The van der Waals surface area contributed by atoms with Crippen molar-refractivity contribution < 1.29 is 14.3 Å². The van der Waals surface area contributed by atoms with Crippen molar-refractivity contribution in [2.75, 3.05) is 0 Å². The molecule has 2 nitrogen and oxygen atoms in total. The summed E-state index contributed by atoms with van der Waals surface area (Å²) in [5.74, 6) is -0.988. The number of carbonyl (C=O) groups is 1. The summed E-state index contributed by atoms with van der Waals surface area (Å²) in [5, 5.41) is 8.43. The molecule has 0 aromatic rings. The number of halogens is 1. The summed E-state index contributed by atoms with van der Waals surface area (Å²) < 4.78 is 12.4. The van der Waals surface area contributed by atoms with Crippen LogP contribution in [0.15, 0.2) is 0 Å². The summed E-state index contributed by atoms with van der Waals surface area (Å²) in [5.41, 5.74) is -1.00. The van der Waals surface area contributed by atoms with Gasteiger partial charge < -0.3 is 5.11 Å². The molecule has 0 saturated heterocycles. The maximum atomic E-state index is 12.4. The van der Waals surface area contributed by atoms with Crippen molar-refractivity contribution in [3.05, 3.63) is 0 Å². The standard InChI is InChI=1S/C6H9FO2/c1-4(7)6(2-3-6)5(8)9/h4H,2-3H2,1H3,(H,8,9). The van der Waals surface area contributed by atoms with Crippen LogP contribution in [0.3, 0.4) is 0 Å². The number of aliphatic carboxylic acids is 1. The van der Waals surface area contributed by atoms with Crippen molar-refractivity contribution in [2.45, 2.75) is 25.9 Å². The van der Waals surface area contributed by atoms with Crippen molar-refractivity contribution in [1.82, 2.24) is 0 Å². The number of hydrogen-bond donors (Lipinski definition) is 1. The monoisotopic (exact) mass is 132 g/mol. The van der Waals surface area contributed by atoms with Crippen LogP contribution in [0.2, 0.25) is 0 Å². The van der Waals surface area contributed by atoms with Crippen molar-refractivity contribution in [3.8, 4) is 0 Å². The van der Waals surface area contributed by atoms with Gasteiger partial charge in [-0.3, -0.25) is 4.79 Å². The van der Waals surface area contributed by atoms with Crippen LogP contribution in [0.1, 0.15) is 19.8 Å². The van der Waals surface area contributed by atoms with E-state index in [1.165, 1.54) is 6.92 Å². The molecular formula is C6H9FO2. The first-order chi connectivity index (χ1) is 4.09. The largest absolute Gasteiger partial charge is 0.481 e. The molecule has 1 atom stereocenters. The molecule has 1 aliphatic carbocycles. The molecule has 9 heavy (non-hydrogen) atoms. The fourth-order valence-corrected chi connectivity index (χ4v) is 0.916. The molecule has 1 unspecified atom stereocenters. The van der Waals surface area contributed by atoms with Crippen LogP contribution in [-0.2, 0) is 4.79 Å². The third-order valence-corrected chi connectivity index (χ3v) is 1.98. The lowest BCUT2D eigenvalue weighted by Crippen LogP contribution is -2.23. The maximum absolute atomic E-state index is 12.4. The topological polar surface area (TPSA) is 37.3 Å². The Kier molecular flexibility index (Phi) is 1.22. The van der Waals surface area contributed by atoms with E-state index in [-0.39, 0.29) is 0 Å². The van der Waals surface area contributed by atoms with Gasteiger partial charge in [-0.25, -0.2) is 4.39 Å². The lowest BCUT2D eigenvalue weighted by atomic mass is 10.0. The zero-order valence-electron chi connectivity index (χ0n) is 5.22. The minimum atomic E-state index is -1.20. The minimum absolute atomic E-state index is 0.500. The number of carboxylic acid groups (broad SMARTS) is 1. The summed E-state index contributed by atoms with van der Waals surface area (Å²) in [6.07, 6.45) is -0.199. The number of hydrogen-bond acceptors (Lipinski definition) is 1. The van der Waals surface area contributed by atoms with Crippen molar-refractivity contribution >= 4 is 5.97 Å². The first kappa shape index (κ1) is 6.52. The van der Waals surface area contributed by atoms with Gasteiger partial charge in [0, 0.05) is 0 Å². The Morgan fingerprint density at radius 3 is 2.22 bits per heavy atom. The minimum Gasteiger partial charge on any atom is -0.481 e. The highest BCUT2D eigenvalue weighted by atomic mass is 19.1. The third-order valence-electron chi connectivity index (χ3n) is 1.98. The maximum Gasteiger partial charge on any atom is 0.312 e. The van der Waals surface area contributed by atoms with Gasteiger partial charge in [0.05, 0.1) is 5.41 Å². The second kappa shape index (κ2) is 1.69. The number of rotatable bonds is 2. The second-order valence-corrected chi connectivity index (χ2v) is 2.58. The van der Waals surface area contributed by atoms with Gasteiger partial charge in [-0.15, -0.1) is 0 Å². The highest BCUT2D eigenvalue weighted by molar-refractivity contribution is 5.78. The van der Waals surface area contributed by atoms with E-state index in [4.69, 9.17) is 5.11 Å². The summed E-state index contributed by atoms with van der Waals surface area (Å²) in [6.45, 7) is 1.31. The fraction of sp³-hybridized carbons (Fsp3) is 0.833. The highest BCUT2D eigenvalue weighted by Gasteiger charge is 2.55. The van der Waals surface area contributed by atoms with E-state index < -0.39 is 17.6 Å². The molecule has 0 heterocycles. The average molecular weight is 132 g/mol. The van der Waals surface area contributed by atoms with E-state index >= 15 is 0 Å². The van der Waals surface area contributed by atoms with Crippen molar-refractivity contribution in [2.24, 2.45) is 5.41 Å². The molecule has 0 amide bonds. The molecule has 0 aliphatic heterocycles. The predicted molar refractivity (Wildman–Crippen MR) is 29.9 cm³/mol. The van der Waals surface area contributed by atoms with Crippen LogP contribution < -0.4 is 0 Å². The van der Waals surface area contributed by atoms with E-state index in [2.05, 4.69) is 0 Å². The fourth-order valence-electron chi connectivity index (χ4n) is 0.916. The van der Waals surface area contributed by atoms with Crippen LogP contribution in [0.4, 0.5) is 4.39 Å². The average Bonchev–Trinajstić information content (AvgIpc) is 2.40. The summed E-state index contributed by atoms with van der Waals surface area (Å²) in [6, 6.07) is 0. The van der Waals surface area contributed by atoms with Crippen molar-refractivity contribution in [3.63, 3.8) is 0 Å². The second-order valence-electron chi connectivity index (χ2n) is 2.58. The molecule has 52 valence electrons. The van der Waals surface area contributed by atoms with Crippen molar-refractivity contribution in [1.29, 1.82) is 0 Å². The van der Waals surface area contributed by atoms with Crippen LogP contribution in [-0.4, -0.2) is 17.2 Å². The molecule has 0 spiro atoms. The molecule has 1 N–H and O–H groups in total. The van der Waals surface area contributed by atoms with Gasteiger partial charge in [0.25, 0.3) is 0 Å². The van der Waals surface area contributed by atoms with Gasteiger partial charge in [-0.05, 0) is 19.8 Å². The Morgan fingerprint density at radius 1 is 1.78 bits per heavy atom. The Bertz CT molecular complexity index is 138. The van der Waals surface area contributed by atoms with Gasteiger partial charge >= 0.3 is 5.97 Å². The van der Waals surface area contributed by atoms with Crippen LogP contribution in [0.5, 0.6) is 0 Å². The van der Waals surface area contributed by atoms with Crippen LogP contribution >= 0.6 is 0 Å². The Hall–Kier alpha value is -0.600. The molecule has 0 aromatic carbocycles. The number of carboxylic acids is 1. The Labute approximate surface area is 52.7 Å². The molecule has 0 radical (unpaired) electrons. The lowest BCUT2D eigenvalue weighted by Gasteiger charge is -2.08. The van der Waals surface area contributed by atoms with Gasteiger partial charge in [0.15, 0.2) is 0 Å². The van der Waals surface area contributed by atoms with Gasteiger partial charge in [0.2, 0.25) is 0 Å². The molecular weight excluding hydrogens is 123 g/mol. The zero-order chi connectivity index (χ0) is 7.07. The lowest BCUT2D eigenvalue weighted by molar-refractivity contribution is -0.145. The van der Waals surface area contributed by atoms with Gasteiger partial charge in [-0.2, -0.15) is 0 Å². The van der Waals surface area contributed by atoms with Gasteiger partial charge in [-0.1, -0.05) is 0 Å². The Morgan fingerprint density at radius 2 is 2.22 bits per heavy atom. The smallest absolute Gasteiger partial charge is 0.312 e. The number of alkyl halides is 1.